The summed E-state index contributed by atoms with van der Waals surface area (Å²) in [7, 11) is 0. The van der Waals surface area contributed by atoms with Crippen molar-refractivity contribution in [3.63, 3.8) is 0 Å². The predicted octanol–water partition coefficient (Wildman–Crippen LogP) is 3.11. The van der Waals surface area contributed by atoms with Crippen LogP contribution in [0, 0.1) is 5.82 Å². The van der Waals surface area contributed by atoms with Gasteiger partial charge in [0.2, 0.25) is 0 Å². The van der Waals surface area contributed by atoms with Crippen LogP contribution in [-0.4, -0.2) is 25.9 Å². The second-order valence-corrected chi connectivity index (χ2v) is 5.41. The molecule has 23 heavy (non-hydrogen) atoms. The number of H-pyrrole nitrogens is 1. The van der Waals surface area contributed by atoms with Gasteiger partial charge in [-0.3, -0.25) is 9.89 Å². The van der Waals surface area contributed by atoms with Crippen molar-refractivity contribution in [3.05, 3.63) is 59.8 Å². The van der Waals surface area contributed by atoms with E-state index < -0.39 is 11.7 Å². The van der Waals surface area contributed by atoms with Crippen LogP contribution in [0.3, 0.4) is 0 Å². The lowest BCUT2D eigenvalue weighted by molar-refractivity contribution is 0.102. The van der Waals surface area contributed by atoms with Gasteiger partial charge < -0.3 is 5.32 Å². The summed E-state index contributed by atoms with van der Waals surface area (Å²) in [6.07, 6.45) is 1.54. The topological polar surface area (TPSA) is 75.6 Å². The minimum Gasteiger partial charge on any atom is -0.304 e. The molecule has 2 N–H and O–H groups in total. The lowest BCUT2D eigenvalue weighted by atomic mass is 10.1. The molecule has 118 valence electrons. The van der Waals surface area contributed by atoms with Crippen LogP contribution in [0.25, 0.3) is 5.69 Å². The van der Waals surface area contributed by atoms with Crippen LogP contribution >= 0.6 is 0 Å². The molecular formula is C16H16FN5O. The van der Waals surface area contributed by atoms with Gasteiger partial charge in [0.25, 0.3) is 5.91 Å². The molecule has 0 saturated carbocycles. The van der Waals surface area contributed by atoms with Crippen molar-refractivity contribution in [2.24, 2.45) is 0 Å². The van der Waals surface area contributed by atoms with Crippen molar-refractivity contribution in [3.8, 4) is 5.69 Å². The van der Waals surface area contributed by atoms with Crippen molar-refractivity contribution in [1.29, 1.82) is 0 Å². The van der Waals surface area contributed by atoms with Gasteiger partial charge in [-0.2, -0.15) is 10.2 Å². The first kappa shape index (κ1) is 15.0. The molecule has 0 unspecified atom stereocenters. The van der Waals surface area contributed by atoms with E-state index in [0.29, 0.717) is 5.82 Å². The number of carbonyl (C=O) groups excluding carboxylic acids is 1. The van der Waals surface area contributed by atoms with Crippen LogP contribution in [0.1, 0.15) is 35.9 Å². The minimum absolute atomic E-state index is 0.183. The molecule has 0 radical (unpaired) electrons. The summed E-state index contributed by atoms with van der Waals surface area (Å²) < 4.78 is 15.1. The molecule has 1 aromatic carbocycles. The number of hydrogen-bond donors (Lipinski definition) is 2. The summed E-state index contributed by atoms with van der Waals surface area (Å²) >= 11 is 0. The van der Waals surface area contributed by atoms with E-state index in [2.05, 4.69) is 20.6 Å². The Hall–Kier alpha value is -2.96. The first-order valence-corrected chi connectivity index (χ1v) is 7.22. The maximum Gasteiger partial charge on any atom is 0.277 e. The van der Waals surface area contributed by atoms with Gasteiger partial charge in [0.05, 0.1) is 0 Å². The average molecular weight is 313 g/mol. The highest BCUT2D eigenvalue weighted by Crippen LogP contribution is 2.16. The fourth-order valence-electron chi connectivity index (χ4n) is 2.09. The van der Waals surface area contributed by atoms with Crippen molar-refractivity contribution < 1.29 is 9.18 Å². The highest BCUT2D eigenvalue weighted by Gasteiger charge is 2.14. The molecule has 0 atom stereocenters. The van der Waals surface area contributed by atoms with Crippen LogP contribution in [0.5, 0.6) is 0 Å². The van der Waals surface area contributed by atoms with Gasteiger partial charge in [0, 0.05) is 18.0 Å². The maximum absolute atomic E-state index is 13.7. The highest BCUT2D eigenvalue weighted by molar-refractivity contribution is 6.02. The lowest BCUT2D eigenvalue weighted by Gasteiger charge is -2.02. The van der Waals surface area contributed by atoms with E-state index in [-0.39, 0.29) is 17.3 Å². The van der Waals surface area contributed by atoms with Gasteiger partial charge in [0.15, 0.2) is 11.5 Å². The van der Waals surface area contributed by atoms with E-state index in [9.17, 15) is 9.18 Å². The lowest BCUT2D eigenvalue weighted by Crippen LogP contribution is -2.13. The SMILES string of the molecule is CC(C)c1cc(NC(=O)c2ccn(-c3ccccc3F)n2)n[nH]1. The first-order valence-electron chi connectivity index (χ1n) is 7.22. The first-order chi connectivity index (χ1) is 11.0. The van der Waals surface area contributed by atoms with Crippen LogP contribution in [0.4, 0.5) is 10.2 Å². The van der Waals surface area contributed by atoms with Gasteiger partial charge in [-0.25, -0.2) is 9.07 Å². The van der Waals surface area contributed by atoms with Gasteiger partial charge in [0.1, 0.15) is 11.5 Å². The monoisotopic (exact) mass is 313 g/mol. The molecule has 2 heterocycles. The van der Waals surface area contributed by atoms with Crippen LogP contribution in [0.2, 0.25) is 0 Å². The van der Waals surface area contributed by atoms with E-state index in [1.54, 1.807) is 24.3 Å². The second-order valence-electron chi connectivity index (χ2n) is 5.41. The molecule has 0 saturated heterocycles. The molecule has 3 aromatic rings. The number of anilines is 1. The Bertz CT molecular complexity index is 836. The second kappa shape index (κ2) is 6.04. The largest absolute Gasteiger partial charge is 0.304 e. The zero-order chi connectivity index (χ0) is 16.4. The maximum atomic E-state index is 13.7. The summed E-state index contributed by atoms with van der Waals surface area (Å²) in [5.41, 5.74) is 1.40. The number of halogens is 1. The third-order valence-corrected chi connectivity index (χ3v) is 3.38. The number of aromatic amines is 1. The van der Waals surface area contributed by atoms with Crippen molar-refractivity contribution in [1.82, 2.24) is 20.0 Å². The summed E-state index contributed by atoms with van der Waals surface area (Å²) in [5.74, 6) is -0.0918. The number of benzene rings is 1. The summed E-state index contributed by atoms with van der Waals surface area (Å²) in [6, 6.07) is 9.53. The van der Waals surface area contributed by atoms with Gasteiger partial charge in [-0.05, 0) is 24.1 Å². The number of nitrogens with zero attached hydrogens (tertiary/aromatic N) is 3. The number of para-hydroxylation sites is 1. The molecule has 0 bridgehead atoms. The van der Waals surface area contributed by atoms with Gasteiger partial charge in [-0.1, -0.05) is 26.0 Å². The Morgan fingerprint density at radius 3 is 2.78 bits per heavy atom. The van der Waals surface area contributed by atoms with E-state index >= 15 is 0 Å². The predicted molar refractivity (Wildman–Crippen MR) is 84.2 cm³/mol. The Labute approximate surface area is 132 Å². The summed E-state index contributed by atoms with van der Waals surface area (Å²) in [4.78, 5) is 12.2. The van der Waals surface area contributed by atoms with Crippen molar-refractivity contribution in [2.45, 2.75) is 19.8 Å². The average Bonchev–Trinajstić information content (AvgIpc) is 3.16. The van der Waals surface area contributed by atoms with Crippen LogP contribution in [0.15, 0.2) is 42.6 Å². The van der Waals surface area contributed by atoms with E-state index in [4.69, 9.17) is 0 Å². The van der Waals surface area contributed by atoms with E-state index in [1.165, 1.54) is 23.0 Å². The quantitative estimate of drug-likeness (QED) is 0.777. The smallest absolute Gasteiger partial charge is 0.277 e. The Morgan fingerprint density at radius 1 is 1.30 bits per heavy atom. The highest BCUT2D eigenvalue weighted by atomic mass is 19.1. The van der Waals surface area contributed by atoms with E-state index in [0.717, 1.165) is 5.69 Å². The number of rotatable bonds is 4. The molecule has 3 rings (SSSR count). The fourth-order valence-corrected chi connectivity index (χ4v) is 2.09. The fraction of sp³-hybridized carbons (Fsp3) is 0.188. The molecule has 0 aliphatic rings. The number of nitrogens with one attached hydrogen (secondary N) is 2. The van der Waals surface area contributed by atoms with Crippen LogP contribution < -0.4 is 5.32 Å². The molecule has 6 nitrogen and oxygen atoms in total. The van der Waals surface area contributed by atoms with E-state index in [1.807, 2.05) is 13.8 Å². The van der Waals surface area contributed by atoms with Crippen molar-refractivity contribution in [2.75, 3.05) is 5.32 Å². The minimum atomic E-state index is -0.406. The number of aromatic nitrogens is 4. The number of carbonyl (C=O) groups is 1. The van der Waals surface area contributed by atoms with Gasteiger partial charge >= 0.3 is 0 Å². The number of amides is 1. The third kappa shape index (κ3) is 3.13. The third-order valence-electron chi connectivity index (χ3n) is 3.38. The molecule has 0 spiro atoms. The molecule has 0 aliphatic heterocycles. The Balaban J connectivity index is 1.77. The zero-order valence-corrected chi connectivity index (χ0v) is 12.7. The van der Waals surface area contributed by atoms with Crippen molar-refractivity contribution >= 4 is 11.7 Å². The normalized spacial score (nSPS) is 11.0. The molecular weight excluding hydrogens is 297 g/mol. The van der Waals surface area contributed by atoms with Crippen LogP contribution in [-0.2, 0) is 0 Å². The zero-order valence-electron chi connectivity index (χ0n) is 12.7. The summed E-state index contributed by atoms with van der Waals surface area (Å²) in [5, 5.41) is 13.7. The van der Waals surface area contributed by atoms with Gasteiger partial charge in [-0.15, -0.1) is 0 Å². The Kier molecular flexibility index (Phi) is 3.92. The molecule has 0 fully saturated rings. The standard InChI is InChI=1S/C16H16FN5O/c1-10(2)13-9-15(20-19-13)18-16(23)12-7-8-22(21-12)14-6-4-3-5-11(14)17/h3-10H,1-2H3,(H2,18,19,20,23). The Morgan fingerprint density at radius 2 is 2.09 bits per heavy atom. The molecule has 0 aliphatic carbocycles. The summed E-state index contributed by atoms with van der Waals surface area (Å²) in [6.45, 7) is 4.05. The molecule has 1 amide bonds. The molecule has 7 heteroatoms. The molecule has 2 aromatic heterocycles. The number of hydrogen-bond acceptors (Lipinski definition) is 3.